The highest BCUT2D eigenvalue weighted by Crippen LogP contribution is 2.46. The Labute approximate surface area is 279 Å². The molecule has 0 aromatic heterocycles. The van der Waals surface area contributed by atoms with Crippen LogP contribution in [0.5, 0.6) is 0 Å². The fourth-order valence-corrected chi connectivity index (χ4v) is 6.48. The molecule has 0 spiro atoms. The van der Waals surface area contributed by atoms with Gasteiger partial charge < -0.3 is 30.2 Å². The van der Waals surface area contributed by atoms with Crippen molar-refractivity contribution < 1.29 is 50.2 Å². The van der Waals surface area contributed by atoms with Gasteiger partial charge in [-0.3, -0.25) is 14.5 Å². The summed E-state index contributed by atoms with van der Waals surface area (Å²) < 4.78 is 91.8. The molecule has 0 saturated carbocycles. The third kappa shape index (κ3) is 6.75. The molecule has 0 bridgehead atoms. The predicted molar refractivity (Wildman–Crippen MR) is 167 cm³/mol. The van der Waals surface area contributed by atoms with Gasteiger partial charge in [-0.2, -0.15) is 0 Å². The number of rotatable bonds is 4. The molecule has 10 nitrogen and oxygen atoms in total. The normalized spacial score (nSPS) is 29.2. The number of ether oxygens (including phenoxy) is 2. The maximum absolute atomic E-state index is 14.4. The average Bonchev–Trinajstić information content (AvgIpc) is 3.02. The lowest BCUT2D eigenvalue weighted by atomic mass is 9.72. The molecule has 6 atom stereocenters. The lowest BCUT2D eigenvalue weighted by molar-refractivity contribution is -0.157. The largest absolute Gasteiger partial charge is 0.369 e. The summed E-state index contributed by atoms with van der Waals surface area (Å²) in [5.41, 5.74) is 2.95. The Balaban J connectivity index is 0.000000255. The molecule has 2 amide bonds. The molecule has 0 unspecified atom stereocenters. The Hall–Kier alpha value is -4.44. The molecule has 4 aliphatic rings. The maximum atomic E-state index is 14.4. The van der Waals surface area contributed by atoms with Gasteiger partial charge in [0.2, 0.25) is 11.8 Å². The standard InChI is InChI=1S/C16H16F2N2O3.C15H15F4N3O2.2CH4/c1-9-19-16(12-4-3-10(17)5-14(12)18)8-23-11(7-21)6-13(16)15(22)20(9)2;1-22-13(23)9-5-11(12(18)19)24-6-15(9,21-14(22)20)8-3-2-7(16)4-10(8)17;;/h3-5,7,11,13,19H,1,6,8H2,2H3;2-4,9,11-12H,5-6H2,1H3,(H2,20,21);2*1H4/t11-,13+,16-;9-,11+,15+;;/m10../s1. The van der Waals surface area contributed by atoms with Gasteiger partial charge in [-0.1, -0.05) is 33.6 Å². The zero-order chi connectivity index (χ0) is 34.4. The highest BCUT2D eigenvalue weighted by molar-refractivity contribution is 6.00. The fourth-order valence-electron chi connectivity index (χ4n) is 6.48. The molecule has 3 saturated heterocycles. The molecule has 2 aromatic rings. The summed E-state index contributed by atoms with van der Waals surface area (Å²) in [5, 5.41) is 3.04. The van der Waals surface area contributed by atoms with E-state index in [4.69, 9.17) is 15.2 Å². The highest BCUT2D eigenvalue weighted by atomic mass is 19.3. The minimum Gasteiger partial charge on any atom is -0.369 e. The monoisotopic (exact) mass is 699 g/mol. The fraction of sp³-hybridized carbons (Fsp3) is 0.455. The summed E-state index contributed by atoms with van der Waals surface area (Å²) >= 11 is 0. The van der Waals surface area contributed by atoms with E-state index in [2.05, 4.69) is 16.9 Å². The second-order valence-electron chi connectivity index (χ2n) is 11.7. The van der Waals surface area contributed by atoms with E-state index in [-0.39, 0.29) is 57.3 Å². The number of guanidine groups is 1. The van der Waals surface area contributed by atoms with Gasteiger partial charge in [0.25, 0.3) is 6.43 Å². The number of hydrogen-bond donors (Lipinski definition) is 2. The van der Waals surface area contributed by atoms with E-state index in [1.165, 1.54) is 18.0 Å². The summed E-state index contributed by atoms with van der Waals surface area (Å²) in [5.74, 6) is -5.75. The van der Waals surface area contributed by atoms with Crippen molar-refractivity contribution in [3.05, 3.63) is 83.2 Å². The lowest BCUT2D eigenvalue weighted by Crippen LogP contribution is -2.66. The number of nitrogens with one attached hydrogen (secondary N) is 1. The van der Waals surface area contributed by atoms with Gasteiger partial charge in [-0.05, 0) is 25.0 Å². The van der Waals surface area contributed by atoms with Crippen molar-refractivity contribution >= 4 is 24.1 Å². The molecule has 2 aromatic carbocycles. The molecule has 4 heterocycles. The van der Waals surface area contributed by atoms with Crippen LogP contribution in [0, 0.1) is 35.1 Å². The number of amides is 2. The van der Waals surface area contributed by atoms with Gasteiger partial charge in [0.05, 0.1) is 25.0 Å². The number of carbonyl (C=O) groups is 3. The number of alkyl halides is 2. The van der Waals surface area contributed by atoms with Crippen molar-refractivity contribution in [2.45, 2.75) is 57.4 Å². The summed E-state index contributed by atoms with van der Waals surface area (Å²) in [6, 6.07) is 5.98. The van der Waals surface area contributed by atoms with Gasteiger partial charge in [0.1, 0.15) is 58.7 Å². The van der Waals surface area contributed by atoms with E-state index < -0.39 is 77.3 Å². The van der Waals surface area contributed by atoms with Crippen LogP contribution in [0.25, 0.3) is 0 Å². The first-order chi connectivity index (χ1) is 22.1. The molecule has 268 valence electrons. The van der Waals surface area contributed by atoms with Crippen LogP contribution in [0.15, 0.2) is 53.8 Å². The second-order valence-corrected chi connectivity index (χ2v) is 11.7. The van der Waals surface area contributed by atoms with Gasteiger partial charge >= 0.3 is 0 Å². The van der Waals surface area contributed by atoms with Crippen LogP contribution in [-0.4, -0.2) is 79.8 Å². The Bertz CT molecular complexity index is 1640. The van der Waals surface area contributed by atoms with E-state index in [1.807, 2.05) is 0 Å². The molecule has 16 heteroatoms. The first-order valence-electron chi connectivity index (χ1n) is 14.4. The molecule has 0 radical (unpaired) electrons. The van der Waals surface area contributed by atoms with Crippen LogP contribution in [0.1, 0.15) is 38.8 Å². The van der Waals surface area contributed by atoms with Crippen LogP contribution in [0.3, 0.4) is 0 Å². The predicted octanol–water partition coefficient (Wildman–Crippen LogP) is 4.19. The van der Waals surface area contributed by atoms with Crippen molar-refractivity contribution in [2.75, 3.05) is 27.3 Å². The van der Waals surface area contributed by atoms with Crippen molar-refractivity contribution in [3.8, 4) is 0 Å². The number of fused-ring (bicyclic) bond motifs is 2. The summed E-state index contributed by atoms with van der Waals surface area (Å²) in [7, 11) is 2.91. The number of halogens is 6. The molecule has 0 aliphatic carbocycles. The van der Waals surface area contributed by atoms with Crippen molar-refractivity contribution in [1.82, 2.24) is 15.1 Å². The third-order valence-electron chi connectivity index (χ3n) is 9.08. The van der Waals surface area contributed by atoms with E-state index in [0.29, 0.717) is 18.2 Å². The number of nitrogens with two attached hydrogens (primary N) is 1. The van der Waals surface area contributed by atoms with Crippen molar-refractivity contribution in [1.29, 1.82) is 0 Å². The Morgan fingerprint density at radius 1 is 0.918 bits per heavy atom. The number of aliphatic imine (C=N–C) groups is 1. The zero-order valence-corrected chi connectivity index (χ0v) is 25.2. The minimum absolute atomic E-state index is 0. The molecule has 3 fully saturated rings. The average molecular weight is 700 g/mol. The summed E-state index contributed by atoms with van der Waals surface area (Å²) in [6.07, 6.45) is -4.58. The van der Waals surface area contributed by atoms with Crippen LogP contribution < -0.4 is 11.1 Å². The van der Waals surface area contributed by atoms with Gasteiger partial charge in [0.15, 0.2) is 5.96 Å². The number of nitrogens with zero attached hydrogens (tertiary/aromatic N) is 3. The van der Waals surface area contributed by atoms with E-state index in [0.717, 1.165) is 29.2 Å². The Morgan fingerprint density at radius 2 is 1.49 bits per heavy atom. The van der Waals surface area contributed by atoms with Crippen LogP contribution in [0.4, 0.5) is 26.3 Å². The molecule has 6 rings (SSSR count). The zero-order valence-electron chi connectivity index (χ0n) is 25.2. The first kappa shape index (κ1) is 39.0. The smallest absolute Gasteiger partial charge is 0.264 e. The summed E-state index contributed by atoms with van der Waals surface area (Å²) in [6.45, 7) is 3.22. The third-order valence-corrected chi connectivity index (χ3v) is 9.08. The van der Waals surface area contributed by atoms with Gasteiger partial charge in [-0.25, -0.2) is 31.3 Å². The topological polar surface area (TPSA) is 127 Å². The maximum Gasteiger partial charge on any atom is 0.264 e. The molecular weight excluding hydrogens is 660 g/mol. The second kappa shape index (κ2) is 14.6. The van der Waals surface area contributed by atoms with Crippen LogP contribution in [0.2, 0.25) is 0 Å². The Kier molecular flexibility index (Phi) is 11.6. The number of hydrogen-bond acceptors (Lipinski definition) is 8. The van der Waals surface area contributed by atoms with Crippen LogP contribution >= 0.6 is 0 Å². The highest BCUT2D eigenvalue weighted by Gasteiger charge is 2.56. The van der Waals surface area contributed by atoms with Crippen molar-refractivity contribution in [3.63, 3.8) is 0 Å². The first-order valence-corrected chi connectivity index (χ1v) is 14.4. The Morgan fingerprint density at radius 3 is 2.04 bits per heavy atom. The minimum atomic E-state index is -2.79. The number of carbonyl (C=O) groups excluding carboxylic acids is 3. The SMILES string of the molecule is C.C.C=C1N[C@@]2(c3ccc(F)cc3F)CO[C@@H](C=O)C[C@H]2C(=O)N1C.CN1C(=O)[C@@H]2C[C@H](C(F)F)OC[C@]2(c2ccc(F)cc2F)N=C1N. The molecule has 3 N–H and O–H groups in total. The van der Waals surface area contributed by atoms with E-state index in [9.17, 15) is 40.7 Å². The quantitative estimate of drug-likeness (QED) is 0.362. The number of benzene rings is 2. The lowest BCUT2D eigenvalue weighted by Gasteiger charge is -2.51. The molecule has 4 aliphatic heterocycles. The van der Waals surface area contributed by atoms with Gasteiger partial charge in [-0.15, -0.1) is 0 Å². The van der Waals surface area contributed by atoms with Gasteiger partial charge in [0, 0.05) is 37.4 Å². The molecular formula is C33H39F6N5O5. The number of aldehydes is 1. The van der Waals surface area contributed by atoms with Crippen molar-refractivity contribution in [2.24, 2.45) is 22.6 Å². The van der Waals surface area contributed by atoms with E-state index >= 15 is 0 Å². The van der Waals surface area contributed by atoms with Crippen LogP contribution in [-0.2, 0) is 34.9 Å². The molecule has 49 heavy (non-hydrogen) atoms. The summed E-state index contributed by atoms with van der Waals surface area (Å²) in [4.78, 5) is 42.8. The van der Waals surface area contributed by atoms with E-state index in [1.54, 1.807) is 7.05 Å².